The van der Waals surface area contributed by atoms with Crippen LogP contribution in [0.2, 0.25) is 13.3 Å². The van der Waals surface area contributed by atoms with Crippen molar-refractivity contribution in [2.45, 2.75) is 77.5 Å². The standard InChI is InChI=1S/C9H9S.3C4H9.Sn/c1-3-8-4-6-9(10-2)7-5-8;3*1-3-4-2;/h4-7H,1H2,2H3;3*1,3-4H2,2H3;. The van der Waals surface area contributed by atoms with Gasteiger partial charge in [-0.1, -0.05) is 0 Å². The molecule has 130 valence electrons. The van der Waals surface area contributed by atoms with E-state index in [1.165, 1.54) is 62.3 Å². The zero-order valence-corrected chi connectivity index (χ0v) is 19.5. The van der Waals surface area contributed by atoms with Crippen LogP contribution in [0.5, 0.6) is 0 Å². The molecule has 0 fully saturated rings. The first kappa shape index (κ1) is 21.2. The molecule has 0 aliphatic carbocycles. The van der Waals surface area contributed by atoms with Crippen molar-refractivity contribution in [2.75, 3.05) is 6.26 Å². The van der Waals surface area contributed by atoms with Crippen molar-refractivity contribution in [3.63, 3.8) is 0 Å². The van der Waals surface area contributed by atoms with Crippen LogP contribution in [0.1, 0.15) is 64.9 Å². The fraction of sp³-hybridized carbons (Fsp3) is 0.619. The molecule has 0 aliphatic rings. The summed E-state index contributed by atoms with van der Waals surface area (Å²) >= 11 is -0.496. The summed E-state index contributed by atoms with van der Waals surface area (Å²) in [5, 5.41) is 0. The molecule has 0 atom stereocenters. The van der Waals surface area contributed by atoms with Gasteiger partial charge in [-0.25, -0.2) is 0 Å². The molecule has 1 rings (SSSR count). The number of hydrogen-bond acceptors (Lipinski definition) is 1. The zero-order valence-electron chi connectivity index (χ0n) is 15.8. The second-order valence-corrected chi connectivity index (χ2v) is 21.0. The van der Waals surface area contributed by atoms with E-state index in [1.807, 2.05) is 11.8 Å². The van der Waals surface area contributed by atoms with Crippen LogP contribution in [-0.4, -0.2) is 24.6 Å². The van der Waals surface area contributed by atoms with Crippen LogP contribution in [0.3, 0.4) is 0 Å². The normalized spacial score (nSPS) is 11.7. The Morgan fingerprint density at radius 1 is 0.870 bits per heavy atom. The van der Waals surface area contributed by atoms with Crippen molar-refractivity contribution in [2.24, 2.45) is 0 Å². The molecule has 0 heterocycles. The van der Waals surface area contributed by atoms with Crippen LogP contribution in [0.4, 0.5) is 0 Å². The molecule has 0 amide bonds. The van der Waals surface area contributed by atoms with Gasteiger partial charge in [0.2, 0.25) is 0 Å². The Hall–Kier alpha value is 0.109. The Morgan fingerprint density at radius 3 is 1.65 bits per heavy atom. The van der Waals surface area contributed by atoms with Gasteiger partial charge in [0.05, 0.1) is 0 Å². The minimum atomic E-state index is -2.32. The predicted octanol–water partition coefficient (Wildman–Crippen LogP) is 7.81. The van der Waals surface area contributed by atoms with Gasteiger partial charge in [-0.05, 0) is 0 Å². The van der Waals surface area contributed by atoms with Crippen molar-refractivity contribution < 1.29 is 0 Å². The van der Waals surface area contributed by atoms with Crippen molar-refractivity contribution >= 4 is 33.7 Å². The fourth-order valence-electron chi connectivity index (χ4n) is 3.47. The zero-order chi connectivity index (χ0) is 17.1. The van der Waals surface area contributed by atoms with E-state index in [0.717, 1.165) is 0 Å². The third-order valence-electron chi connectivity index (χ3n) is 5.11. The number of benzene rings is 1. The summed E-state index contributed by atoms with van der Waals surface area (Å²) in [6, 6.07) is 9.23. The number of rotatable bonds is 12. The van der Waals surface area contributed by atoms with Gasteiger partial charge >= 0.3 is 154 Å². The second kappa shape index (κ2) is 11.6. The van der Waals surface area contributed by atoms with E-state index in [4.69, 9.17) is 6.58 Å². The molecule has 23 heavy (non-hydrogen) atoms. The average Bonchev–Trinajstić information content (AvgIpc) is 2.61. The molecule has 0 saturated carbocycles. The average molecular weight is 439 g/mol. The van der Waals surface area contributed by atoms with Gasteiger partial charge in [-0.15, -0.1) is 0 Å². The van der Waals surface area contributed by atoms with E-state index in [-0.39, 0.29) is 0 Å². The van der Waals surface area contributed by atoms with Gasteiger partial charge in [0.25, 0.3) is 0 Å². The first-order valence-electron chi connectivity index (χ1n) is 9.47. The van der Waals surface area contributed by atoms with Crippen LogP contribution in [-0.2, 0) is 0 Å². The van der Waals surface area contributed by atoms with E-state index in [1.54, 1.807) is 3.59 Å². The number of unbranched alkanes of at least 4 members (excludes halogenated alkanes) is 3. The van der Waals surface area contributed by atoms with Crippen LogP contribution in [0, 0.1) is 0 Å². The molecule has 2 heteroatoms. The van der Waals surface area contributed by atoms with Crippen LogP contribution in [0.25, 0.3) is 3.59 Å². The summed E-state index contributed by atoms with van der Waals surface area (Å²) in [6.45, 7) is 11.7. The minimum absolute atomic E-state index is 1.33. The fourth-order valence-corrected chi connectivity index (χ4v) is 19.6. The molecule has 1 aromatic rings. The summed E-state index contributed by atoms with van der Waals surface area (Å²) in [4.78, 5) is 1.36. The number of hydrogen-bond donors (Lipinski definition) is 0. The molecular weight excluding hydrogens is 403 g/mol. The van der Waals surface area contributed by atoms with E-state index in [9.17, 15) is 0 Å². The monoisotopic (exact) mass is 440 g/mol. The summed E-state index contributed by atoms with van der Waals surface area (Å²) in [7, 11) is 0. The molecule has 0 spiro atoms. The Kier molecular flexibility index (Phi) is 10.7. The van der Waals surface area contributed by atoms with Crippen molar-refractivity contribution in [3.05, 3.63) is 36.4 Å². The maximum absolute atomic E-state index is 4.70. The molecule has 0 saturated heterocycles. The molecule has 0 unspecified atom stereocenters. The first-order chi connectivity index (χ1) is 11.1. The maximum atomic E-state index is 4.70. The quantitative estimate of drug-likeness (QED) is 0.236. The molecule has 1 aromatic carbocycles. The van der Waals surface area contributed by atoms with E-state index in [0.29, 0.717) is 0 Å². The predicted molar refractivity (Wildman–Crippen MR) is 112 cm³/mol. The Balaban J connectivity index is 3.07. The van der Waals surface area contributed by atoms with E-state index in [2.05, 4.69) is 51.3 Å². The second-order valence-electron chi connectivity index (χ2n) is 6.80. The van der Waals surface area contributed by atoms with Crippen molar-refractivity contribution in [3.8, 4) is 0 Å². The summed E-state index contributed by atoms with van der Waals surface area (Å²) in [6.07, 6.45) is 10.4. The van der Waals surface area contributed by atoms with Gasteiger partial charge in [-0.3, -0.25) is 0 Å². The third kappa shape index (κ3) is 6.49. The van der Waals surface area contributed by atoms with Gasteiger partial charge in [0.15, 0.2) is 0 Å². The van der Waals surface area contributed by atoms with Gasteiger partial charge < -0.3 is 0 Å². The topological polar surface area (TPSA) is 0 Å². The van der Waals surface area contributed by atoms with Crippen LogP contribution < -0.4 is 0 Å². The Morgan fingerprint density at radius 2 is 1.30 bits per heavy atom. The van der Waals surface area contributed by atoms with E-state index < -0.39 is 18.4 Å². The molecule has 0 N–H and O–H groups in total. The number of thioether (sulfide) groups is 1. The van der Waals surface area contributed by atoms with Crippen molar-refractivity contribution in [1.29, 1.82) is 0 Å². The summed E-state index contributed by atoms with van der Waals surface area (Å²) in [5.74, 6) is 0. The first-order valence-corrected chi connectivity index (χ1v) is 18.2. The molecule has 0 aliphatic heterocycles. The van der Waals surface area contributed by atoms with Gasteiger partial charge in [-0.2, -0.15) is 0 Å². The molecular formula is C21H36SSn. The summed E-state index contributed by atoms with van der Waals surface area (Å²) in [5.41, 5.74) is 1.45. The molecule has 0 bridgehead atoms. The Labute approximate surface area is 153 Å². The van der Waals surface area contributed by atoms with Crippen LogP contribution in [0.15, 0.2) is 35.7 Å². The van der Waals surface area contributed by atoms with Crippen LogP contribution >= 0.6 is 11.8 Å². The SMILES string of the molecule is C=[C](c1ccc(SC)cc1)[Sn]([CH2]CCC)([CH2]CCC)[CH2]CCC. The molecule has 0 radical (unpaired) electrons. The third-order valence-corrected chi connectivity index (χ3v) is 21.5. The molecule has 0 nitrogen and oxygen atoms in total. The summed E-state index contributed by atoms with van der Waals surface area (Å²) < 4.78 is 6.12. The van der Waals surface area contributed by atoms with E-state index >= 15 is 0 Å². The van der Waals surface area contributed by atoms with Gasteiger partial charge in [0.1, 0.15) is 0 Å². The Bertz CT molecular complexity index is 428. The van der Waals surface area contributed by atoms with Gasteiger partial charge in [0, 0.05) is 0 Å². The molecule has 0 aromatic heterocycles. The van der Waals surface area contributed by atoms with Crippen molar-refractivity contribution in [1.82, 2.24) is 0 Å².